The number of Topliss-reactive ketones (excluding diaryl/α,β-unsaturated/α-hetero) is 1. The summed E-state index contributed by atoms with van der Waals surface area (Å²) in [6, 6.07) is 0. The average Bonchev–Trinajstić information content (AvgIpc) is 2.52. The zero-order valence-corrected chi connectivity index (χ0v) is 9.55. The van der Waals surface area contributed by atoms with Crippen LogP contribution in [-0.2, 0) is 4.79 Å². The highest BCUT2D eigenvalue weighted by atomic mass is 16.1. The Morgan fingerprint density at radius 3 is 2.64 bits per heavy atom. The Hall–Kier alpha value is -0.790. The summed E-state index contributed by atoms with van der Waals surface area (Å²) in [5.41, 5.74) is 1.13. The molecule has 2 heteroatoms. The number of ketones is 1. The van der Waals surface area contributed by atoms with Gasteiger partial charge in [0.25, 0.3) is 0 Å². The fourth-order valence-electron chi connectivity index (χ4n) is 1.87. The Morgan fingerprint density at radius 1 is 1.57 bits per heavy atom. The van der Waals surface area contributed by atoms with E-state index < -0.39 is 0 Å². The van der Waals surface area contributed by atoms with Gasteiger partial charge in [0.2, 0.25) is 0 Å². The van der Waals surface area contributed by atoms with Crippen molar-refractivity contribution in [2.75, 3.05) is 13.1 Å². The van der Waals surface area contributed by atoms with E-state index in [1.807, 2.05) is 20.8 Å². The largest absolute Gasteiger partial charge is 0.375 e. The van der Waals surface area contributed by atoms with Gasteiger partial charge < -0.3 is 4.90 Å². The Morgan fingerprint density at radius 2 is 2.21 bits per heavy atom. The van der Waals surface area contributed by atoms with Gasteiger partial charge in [-0.15, -0.1) is 0 Å². The van der Waals surface area contributed by atoms with Gasteiger partial charge in [0.05, 0.1) is 0 Å². The number of likely N-dealkylation sites (tertiary alicyclic amines) is 1. The van der Waals surface area contributed by atoms with Gasteiger partial charge in [-0.3, -0.25) is 4.79 Å². The van der Waals surface area contributed by atoms with E-state index >= 15 is 0 Å². The van der Waals surface area contributed by atoms with Crippen molar-refractivity contribution in [2.24, 2.45) is 11.8 Å². The van der Waals surface area contributed by atoms with Gasteiger partial charge in [-0.05, 0) is 19.3 Å². The molecule has 1 fully saturated rings. The Bertz CT molecular complexity index is 232. The fraction of sp³-hybridized carbons (Fsp3) is 0.750. The molecule has 0 saturated carbocycles. The zero-order chi connectivity index (χ0) is 10.7. The van der Waals surface area contributed by atoms with Crippen LogP contribution in [0, 0.1) is 11.8 Å². The first-order valence-corrected chi connectivity index (χ1v) is 5.44. The SMILES string of the molecule is C=C(C)N1CCC(CC(=O)C(C)C)C1. The van der Waals surface area contributed by atoms with Crippen LogP contribution >= 0.6 is 0 Å². The van der Waals surface area contributed by atoms with Crippen LogP contribution in [0.25, 0.3) is 0 Å². The number of allylic oxidation sites excluding steroid dienone is 1. The van der Waals surface area contributed by atoms with Crippen LogP contribution in [0.3, 0.4) is 0 Å². The smallest absolute Gasteiger partial charge is 0.135 e. The topological polar surface area (TPSA) is 20.3 Å². The second-order valence-electron chi connectivity index (χ2n) is 4.66. The molecule has 0 spiro atoms. The highest BCUT2D eigenvalue weighted by Crippen LogP contribution is 2.23. The molecule has 1 rings (SSSR count). The van der Waals surface area contributed by atoms with E-state index in [0.717, 1.165) is 31.6 Å². The third-order valence-electron chi connectivity index (χ3n) is 2.96. The van der Waals surface area contributed by atoms with Crippen LogP contribution in [0.5, 0.6) is 0 Å². The van der Waals surface area contributed by atoms with E-state index in [0.29, 0.717) is 11.7 Å². The molecule has 1 aliphatic heterocycles. The minimum atomic E-state index is 0.189. The van der Waals surface area contributed by atoms with E-state index in [9.17, 15) is 4.79 Å². The predicted molar refractivity (Wildman–Crippen MR) is 59.0 cm³/mol. The number of hydrogen-bond donors (Lipinski definition) is 0. The summed E-state index contributed by atoms with van der Waals surface area (Å²) >= 11 is 0. The second-order valence-corrected chi connectivity index (χ2v) is 4.66. The van der Waals surface area contributed by atoms with Crippen LogP contribution in [0.2, 0.25) is 0 Å². The molecular formula is C12H21NO. The van der Waals surface area contributed by atoms with E-state index in [4.69, 9.17) is 0 Å². The van der Waals surface area contributed by atoms with Gasteiger partial charge in [-0.25, -0.2) is 0 Å². The van der Waals surface area contributed by atoms with Crippen molar-refractivity contribution in [1.29, 1.82) is 0 Å². The van der Waals surface area contributed by atoms with Gasteiger partial charge >= 0.3 is 0 Å². The molecule has 1 atom stereocenters. The quantitative estimate of drug-likeness (QED) is 0.686. The molecule has 0 amide bonds. The molecular weight excluding hydrogens is 174 g/mol. The number of carbonyl (C=O) groups is 1. The summed E-state index contributed by atoms with van der Waals surface area (Å²) < 4.78 is 0. The maximum Gasteiger partial charge on any atom is 0.135 e. The van der Waals surface area contributed by atoms with Crippen molar-refractivity contribution in [1.82, 2.24) is 4.90 Å². The van der Waals surface area contributed by atoms with Crippen molar-refractivity contribution in [3.8, 4) is 0 Å². The highest BCUT2D eigenvalue weighted by Gasteiger charge is 2.24. The average molecular weight is 195 g/mol. The molecule has 1 saturated heterocycles. The molecule has 80 valence electrons. The lowest BCUT2D eigenvalue weighted by Gasteiger charge is -2.17. The highest BCUT2D eigenvalue weighted by molar-refractivity contribution is 5.80. The lowest BCUT2D eigenvalue weighted by molar-refractivity contribution is -0.122. The van der Waals surface area contributed by atoms with E-state index in [1.165, 1.54) is 0 Å². The van der Waals surface area contributed by atoms with E-state index in [-0.39, 0.29) is 5.92 Å². The van der Waals surface area contributed by atoms with Gasteiger partial charge in [0, 0.05) is 31.1 Å². The third-order valence-corrected chi connectivity index (χ3v) is 2.96. The van der Waals surface area contributed by atoms with Crippen molar-refractivity contribution in [2.45, 2.75) is 33.6 Å². The molecule has 0 radical (unpaired) electrons. The van der Waals surface area contributed by atoms with Crippen molar-refractivity contribution in [3.05, 3.63) is 12.3 Å². The van der Waals surface area contributed by atoms with Gasteiger partial charge in [-0.2, -0.15) is 0 Å². The lowest BCUT2D eigenvalue weighted by atomic mass is 9.96. The Labute approximate surface area is 87.0 Å². The molecule has 0 aromatic rings. The van der Waals surface area contributed by atoms with Gasteiger partial charge in [-0.1, -0.05) is 20.4 Å². The standard InChI is InChI=1S/C12H21NO/c1-9(2)12(14)7-11-5-6-13(8-11)10(3)4/h9,11H,3,5-8H2,1-2,4H3. The normalized spacial score (nSPS) is 21.7. The predicted octanol–water partition coefficient (Wildman–Crippen LogP) is 2.46. The summed E-state index contributed by atoms with van der Waals surface area (Å²) in [6.45, 7) is 12.0. The van der Waals surface area contributed by atoms with Gasteiger partial charge in [0.1, 0.15) is 5.78 Å². The number of hydrogen-bond acceptors (Lipinski definition) is 2. The van der Waals surface area contributed by atoms with Crippen molar-refractivity contribution in [3.63, 3.8) is 0 Å². The number of nitrogens with zero attached hydrogens (tertiary/aromatic N) is 1. The summed E-state index contributed by atoms with van der Waals surface area (Å²) in [7, 11) is 0. The number of carbonyl (C=O) groups excluding carboxylic acids is 1. The monoisotopic (exact) mass is 195 g/mol. The maximum atomic E-state index is 11.5. The van der Waals surface area contributed by atoms with Crippen LogP contribution < -0.4 is 0 Å². The fourth-order valence-corrected chi connectivity index (χ4v) is 1.87. The molecule has 2 nitrogen and oxygen atoms in total. The molecule has 0 aromatic heterocycles. The molecule has 0 aromatic carbocycles. The first kappa shape index (κ1) is 11.3. The Kier molecular flexibility index (Phi) is 3.73. The molecule has 1 aliphatic rings. The first-order valence-electron chi connectivity index (χ1n) is 5.44. The van der Waals surface area contributed by atoms with Crippen LogP contribution in [0.1, 0.15) is 33.6 Å². The zero-order valence-electron chi connectivity index (χ0n) is 9.55. The number of rotatable bonds is 4. The summed E-state index contributed by atoms with van der Waals surface area (Å²) in [6.07, 6.45) is 1.90. The first-order chi connectivity index (χ1) is 6.50. The van der Waals surface area contributed by atoms with Crippen LogP contribution in [0.4, 0.5) is 0 Å². The minimum Gasteiger partial charge on any atom is -0.375 e. The minimum absolute atomic E-state index is 0.189. The van der Waals surface area contributed by atoms with E-state index in [1.54, 1.807) is 0 Å². The van der Waals surface area contributed by atoms with Crippen LogP contribution in [0.15, 0.2) is 12.3 Å². The summed E-state index contributed by atoms with van der Waals surface area (Å²) in [5.74, 6) is 1.15. The maximum absolute atomic E-state index is 11.5. The molecule has 0 N–H and O–H groups in total. The van der Waals surface area contributed by atoms with Gasteiger partial charge in [0.15, 0.2) is 0 Å². The summed E-state index contributed by atoms with van der Waals surface area (Å²) in [4.78, 5) is 13.8. The summed E-state index contributed by atoms with van der Waals surface area (Å²) in [5, 5.41) is 0. The molecule has 14 heavy (non-hydrogen) atoms. The van der Waals surface area contributed by atoms with Crippen molar-refractivity contribution < 1.29 is 4.79 Å². The molecule has 0 bridgehead atoms. The van der Waals surface area contributed by atoms with Crippen molar-refractivity contribution >= 4 is 5.78 Å². The second kappa shape index (κ2) is 4.63. The third kappa shape index (κ3) is 2.86. The van der Waals surface area contributed by atoms with Crippen LogP contribution in [-0.4, -0.2) is 23.8 Å². The molecule has 1 unspecified atom stereocenters. The molecule has 0 aliphatic carbocycles. The van der Waals surface area contributed by atoms with E-state index in [2.05, 4.69) is 11.5 Å². The lowest BCUT2D eigenvalue weighted by Crippen LogP contribution is -2.19. The molecule has 1 heterocycles. The Balaban J connectivity index is 2.36.